The van der Waals surface area contributed by atoms with Crippen molar-refractivity contribution < 1.29 is 15.3 Å². The molecule has 0 aromatic rings. The van der Waals surface area contributed by atoms with Gasteiger partial charge in [0.15, 0.2) is 0 Å². The molecule has 0 saturated heterocycles. The van der Waals surface area contributed by atoms with Crippen molar-refractivity contribution in [3.8, 4) is 0 Å². The van der Waals surface area contributed by atoms with Crippen molar-refractivity contribution in [1.29, 1.82) is 0 Å². The van der Waals surface area contributed by atoms with E-state index in [9.17, 15) is 10.2 Å². The monoisotopic (exact) mass is 326 g/mol. The molecular formula is C14H30O3Se. The maximum absolute atomic E-state index is 9.43. The third-order valence-corrected chi connectivity index (χ3v) is 4.69. The second kappa shape index (κ2) is 13.8. The first-order valence-corrected chi connectivity index (χ1v) is 10.1. The molecule has 0 bridgehead atoms. The van der Waals surface area contributed by atoms with Crippen LogP contribution in [0.5, 0.6) is 0 Å². The van der Waals surface area contributed by atoms with E-state index in [0.717, 1.165) is 27.8 Å². The first-order chi connectivity index (χ1) is 8.72. The van der Waals surface area contributed by atoms with E-state index < -0.39 is 12.2 Å². The summed E-state index contributed by atoms with van der Waals surface area (Å²) in [4.78, 5) is 0. The molecule has 0 radical (unpaired) electrons. The second-order valence-corrected chi connectivity index (χ2v) is 7.00. The second-order valence-electron chi connectivity index (χ2n) is 4.93. The number of rotatable bonds is 13. The number of aliphatic hydroxyl groups is 3. The fourth-order valence-electron chi connectivity index (χ4n) is 1.97. The number of hydrogen-bond acceptors (Lipinski definition) is 3. The summed E-state index contributed by atoms with van der Waals surface area (Å²) in [5, 5.41) is 28.7. The van der Waals surface area contributed by atoms with Crippen LogP contribution in [0.3, 0.4) is 0 Å². The third-order valence-electron chi connectivity index (χ3n) is 3.23. The van der Waals surface area contributed by atoms with Gasteiger partial charge in [-0.2, -0.15) is 0 Å². The van der Waals surface area contributed by atoms with E-state index >= 15 is 0 Å². The Kier molecular flexibility index (Phi) is 14.1. The summed E-state index contributed by atoms with van der Waals surface area (Å²) in [5.74, 6) is 2.30. The Morgan fingerprint density at radius 3 is 1.78 bits per heavy atom. The van der Waals surface area contributed by atoms with Gasteiger partial charge in [0.2, 0.25) is 0 Å². The van der Waals surface area contributed by atoms with E-state index in [1.54, 1.807) is 0 Å². The molecule has 110 valence electrons. The molecule has 0 saturated carbocycles. The predicted octanol–water partition coefficient (Wildman–Crippen LogP) is 2.38. The van der Waals surface area contributed by atoms with Crippen LogP contribution in [0.2, 0.25) is 11.1 Å². The van der Waals surface area contributed by atoms with Crippen molar-refractivity contribution in [3.63, 3.8) is 0 Å². The van der Waals surface area contributed by atoms with Gasteiger partial charge < -0.3 is 10.2 Å². The first kappa shape index (κ1) is 18.4. The summed E-state index contributed by atoms with van der Waals surface area (Å²) >= 11 is 0.847. The summed E-state index contributed by atoms with van der Waals surface area (Å²) in [5.41, 5.74) is 0. The Hall–Kier alpha value is 0.399. The standard InChI is InChI=1S/C14H30O3Se/c1-18-11-9-7-5-3-2-4-6-8-10-13(16)14(17)12-15/h13-17H,2-12H2,1H3. The predicted molar refractivity (Wildman–Crippen MR) is 77.1 cm³/mol. The third kappa shape index (κ3) is 11.5. The van der Waals surface area contributed by atoms with Gasteiger partial charge in [0.25, 0.3) is 0 Å². The number of hydrogen-bond donors (Lipinski definition) is 3. The Labute approximate surface area is 118 Å². The molecule has 18 heavy (non-hydrogen) atoms. The molecule has 2 atom stereocenters. The van der Waals surface area contributed by atoms with Crippen molar-refractivity contribution in [3.05, 3.63) is 0 Å². The smallest absolute Gasteiger partial charge is 0.394 e. The van der Waals surface area contributed by atoms with Gasteiger partial charge in [-0.1, -0.05) is 0 Å². The summed E-state index contributed by atoms with van der Waals surface area (Å²) in [6.45, 7) is -0.347. The van der Waals surface area contributed by atoms with Crippen molar-refractivity contribution >= 4 is 15.0 Å². The number of aliphatic hydroxyl groups excluding tert-OH is 3. The van der Waals surface area contributed by atoms with E-state index in [0.29, 0.717) is 6.42 Å². The van der Waals surface area contributed by atoms with Gasteiger partial charge in [-0.05, 0) is 0 Å². The average Bonchev–Trinajstić information content (AvgIpc) is 2.39. The molecule has 0 heterocycles. The maximum atomic E-state index is 9.43. The molecule has 0 spiro atoms. The fraction of sp³-hybridized carbons (Fsp3) is 1.00. The van der Waals surface area contributed by atoms with Crippen LogP contribution >= 0.6 is 0 Å². The molecule has 0 aromatic heterocycles. The van der Waals surface area contributed by atoms with Crippen LogP contribution in [-0.4, -0.2) is 49.1 Å². The normalized spacial score (nSPS) is 14.7. The van der Waals surface area contributed by atoms with Crippen LogP contribution in [0.25, 0.3) is 0 Å². The van der Waals surface area contributed by atoms with Gasteiger partial charge in [0, 0.05) is 0 Å². The Balaban J connectivity index is 3.11. The van der Waals surface area contributed by atoms with Gasteiger partial charge >= 0.3 is 101 Å². The minimum atomic E-state index is -0.967. The molecule has 2 unspecified atom stereocenters. The minimum absolute atomic E-state index is 0.347. The van der Waals surface area contributed by atoms with Gasteiger partial charge in [-0.25, -0.2) is 0 Å². The average molecular weight is 325 g/mol. The molecule has 0 aliphatic carbocycles. The minimum Gasteiger partial charge on any atom is -0.394 e. The summed E-state index contributed by atoms with van der Waals surface area (Å²) in [6.07, 6.45) is 8.93. The molecule has 0 aliphatic heterocycles. The van der Waals surface area contributed by atoms with Gasteiger partial charge in [0.1, 0.15) is 0 Å². The van der Waals surface area contributed by atoms with Crippen LogP contribution in [-0.2, 0) is 0 Å². The van der Waals surface area contributed by atoms with Gasteiger partial charge in [-0.3, -0.25) is 0 Å². The molecule has 0 aliphatic rings. The van der Waals surface area contributed by atoms with E-state index in [1.165, 1.54) is 43.8 Å². The van der Waals surface area contributed by atoms with Crippen molar-refractivity contribution in [2.75, 3.05) is 6.61 Å². The van der Waals surface area contributed by atoms with Crippen LogP contribution in [0, 0.1) is 0 Å². The summed E-state index contributed by atoms with van der Waals surface area (Å²) in [7, 11) is 0. The molecule has 0 aromatic carbocycles. The molecule has 3 nitrogen and oxygen atoms in total. The van der Waals surface area contributed by atoms with Crippen molar-refractivity contribution in [2.45, 2.75) is 81.1 Å². The van der Waals surface area contributed by atoms with Crippen molar-refractivity contribution in [2.24, 2.45) is 0 Å². The zero-order chi connectivity index (χ0) is 13.6. The van der Waals surface area contributed by atoms with E-state index in [4.69, 9.17) is 5.11 Å². The summed E-state index contributed by atoms with van der Waals surface area (Å²) < 4.78 is 0. The van der Waals surface area contributed by atoms with E-state index in [-0.39, 0.29) is 6.61 Å². The quantitative estimate of drug-likeness (QED) is 0.360. The van der Waals surface area contributed by atoms with Crippen LogP contribution in [0.4, 0.5) is 0 Å². The van der Waals surface area contributed by atoms with Crippen molar-refractivity contribution in [1.82, 2.24) is 0 Å². The fourth-order valence-corrected chi connectivity index (χ4v) is 3.01. The molecular weight excluding hydrogens is 295 g/mol. The molecule has 4 heteroatoms. The molecule has 0 rings (SSSR count). The zero-order valence-electron chi connectivity index (χ0n) is 11.7. The first-order valence-electron chi connectivity index (χ1n) is 7.18. The Morgan fingerprint density at radius 1 is 0.778 bits per heavy atom. The Bertz CT molecular complexity index is 167. The molecule has 0 fully saturated rings. The van der Waals surface area contributed by atoms with E-state index in [1.807, 2.05) is 0 Å². The van der Waals surface area contributed by atoms with Crippen LogP contribution in [0.1, 0.15) is 57.8 Å². The topological polar surface area (TPSA) is 60.7 Å². The molecule has 3 N–H and O–H groups in total. The van der Waals surface area contributed by atoms with Gasteiger partial charge in [-0.15, -0.1) is 0 Å². The van der Waals surface area contributed by atoms with Crippen LogP contribution < -0.4 is 0 Å². The van der Waals surface area contributed by atoms with E-state index in [2.05, 4.69) is 5.82 Å². The zero-order valence-corrected chi connectivity index (χ0v) is 13.4. The Morgan fingerprint density at radius 2 is 1.28 bits per heavy atom. The van der Waals surface area contributed by atoms with Crippen LogP contribution in [0.15, 0.2) is 0 Å². The molecule has 0 amide bonds. The number of unbranched alkanes of at least 4 members (excludes halogenated alkanes) is 7. The summed E-state index contributed by atoms with van der Waals surface area (Å²) in [6, 6.07) is 0. The van der Waals surface area contributed by atoms with Gasteiger partial charge in [0.05, 0.1) is 6.61 Å². The SMILES string of the molecule is C[Se]CCCCCCCCCCC(O)C(O)CO.